The van der Waals surface area contributed by atoms with Crippen molar-refractivity contribution < 1.29 is 0 Å². The summed E-state index contributed by atoms with van der Waals surface area (Å²) in [6, 6.07) is 23.7. The van der Waals surface area contributed by atoms with E-state index in [2.05, 4.69) is 86.8 Å². The molecule has 2 aromatic heterocycles. The molecule has 0 N–H and O–H groups in total. The lowest BCUT2D eigenvalue weighted by atomic mass is 10.0. The Morgan fingerprint density at radius 3 is 2.38 bits per heavy atom. The van der Waals surface area contributed by atoms with Crippen LogP contribution in [0.15, 0.2) is 72.9 Å². The van der Waals surface area contributed by atoms with Crippen LogP contribution < -0.4 is 0 Å². The lowest BCUT2D eigenvalue weighted by Gasteiger charge is -2.26. The molecule has 1 saturated heterocycles. The van der Waals surface area contributed by atoms with Gasteiger partial charge in [0, 0.05) is 24.8 Å². The molecule has 6 rings (SSSR count). The van der Waals surface area contributed by atoms with Crippen LogP contribution in [0.2, 0.25) is 0 Å². The lowest BCUT2D eigenvalue weighted by molar-refractivity contribution is 0.222. The van der Waals surface area contributed by atoms with Crippen molar-refractivity contribution in [3.8, 4) is 11.3 Å². The van der Waals surface area contributed by atoms with Crippen LogP contribution in [0.3, 0.4) is 0 Å². The first-order valence-corrected chi connectivity index (χ1v) is 11.1. The molecule has 6 heteroatoms. The van der Waals surface area contributed by atoms with Crippen LogP contribution in [0.5, 0.6) is 0 Å². The number of nitrogens with zero attached hydrogens (tertiary/aromatic N) is 4. The van der Waals surface area contributed by atoms with Crippen molar-refractivity contribution >= 4 is 52.4 Å². The number of benzene rings is 3. The maximum Gasteiger partial charge on any atom is 0.215 e. The first-order valence-electron chi connectivity index (χ1n) is 11.1. The highest BCUT2D eigenvalue weighted by atomic mass is 35.5. The minimum atomic E-state index is 0. The number of para-hydroxylation sites is 2. The molecule has 0 amide bonds. The SMILES string of the molecule is Cl.Cl.c1ccc2c(-c3cn4c5ccccc5nc4n3CCN3CCCCC3)cccc2c1. The molecule has 0 saturated carbocycles. The van der Waals surface area contributed by atoms with Gasteiger partial charge in [0.05, 0.1) is 16.7 Å². The number of fused-ring (bicyclic) bond motifs is 4. The Bertz CT molecular complexity index is 1340. The van der Waals surface area contributed by atoms with E-state index in [1.807, 2.05) is 0 Å². The number of hydrogen-bond acceptors (Lipinski definition) is 2. The third kappa shape index (κ3) is 3.88. The van der Waals surface area contributed by atoms with E-state index in [0.717, 1.165) is 24.4 Å². The third-order valence-electron chi connectivity index (χ3n) is 6.51. The van der Waals surface area contributed by atoms with Gasteiger partial charge in [0.2, 0.25) is 5.78 Å². The van der Waals surface area contributed by atoms with Crippen molar-refractivity contribution in [3.05, 3.63) is 72.9 Å². The maximum absolute atomic E-state index is 5.01. The second-order valence-electron chi connectivity index (χ2n) is 8.37. The molecule has 1 aliphatic heterocycles. The van der Waals surface area contributed by atoms with Gasteiger partial charge in [-0.25, -0.2) is 4.98 Å². The molecule has 5 aromatic rings. The molecule has 3 heterocycles. The van der Waals surface area contributed by atoms with Crippen LogP contribution in [0.1, 0.15) is 19.3 Å². The zero-order chi connectivity index (χ0) is 19.9. The van der Waals surface area contributed by atoms with E-state index in [1.54, 1.807) is 0 Å². The zero-order valence-corrected chi connectivity index (χ0v) is 19.6. The topological polar surface area (TPSA) is 25.5 Å². The summed E-state index contributed by atoms with van der Waals surface area (Å²) in [4.78, 5) is 7.62. The fourth-order valence-corrected chi connectivity index (χ4v) is 4.96. The van der Waals surface area contributed by atoms with Crippen molar-refractivity contribution in [2.45, 2.75) is 25.8 Å². The zero-order valence-electron chi connectivity index (χ0n) is 18.0. The Hall–Kier alpha value is -2.53. The summed E-state index contributed by atoms with van der Waals surface area (Å²) in [6.07, 6.45) is 6.30. The predicted octanol–water partition coefficient (Wildman–Crippen LogP) is 6.44. The number of halogens is 2. The molecule has 0 atom stereocenters. The number of likely N-dealkylation sites (tertiary alicyclic amines) is 1. The van der Waals surface area contributed by atoms with Gasteiger partial charge >= 0.3 is 0 Å². The Morgan fingerprint density at radius 1 is 0.750 bits per heavy atom. The first kappa shape index (κ1) is 22.7. The third-order valence-corrected chi connectivity index (χ3v) is 6.51. The number of imidazole rings is 2. The van der Waals surface area contributed by atoms with E-state index in [-0.39, 0.29) is 24.8 Å². The molecular weight excluding hydrogens is 439 g/mol. The van der Waals surface area contributed by atoms with Crippen molar-refractivity contribution in [2.75, 3.05) is 19.6 Å². The van der Waals surface area contributed by atoms with Gasteiger partial charge in [0.25, 0.3) is 0 Å². The molecule has 32 heavy (non-hydrogen) atoms. The summed E-state index contributed by atoms with van der Waals surface area (Å²) in [7, 11) is 0. The Kier molecular flexibility index (Phi) is 6.75. The van der Waals surface area contributed by atoms with E-state index in [1.165, 1.54) is 59.9 Å². The number of aromatic nitrogens is 3. The Balaban J connectivity index is 0.00000122. The summed E-state index contributed by atoms with van der Waals surface area (Å²) < 4.78 is 4.69. The van der Waals surface area contributed by atoms with Gasteiger partial charge in [0.15, 0.2) is 0 Å². The van der Waals surface area contributed by atoms with E-state index >= 15 is 0 Å². The smallest absolute Gasteiger partial charge is 0.215 e. The summed E-state index contributed by atoms with van der Waals surface area (Å²) in [5.41, 5.74) is 4.76. The first-order chi connectivity index (χ1) is 14.9. The lowest BCUT2D eigenvalue weighted by Crippen LogP contribution is -2.32. The molecule has 3 aromatic carbocycles. The highest BCUT2D eigenvalue weighted by Crippen LogP contribution is 2.32. The second kappa shape index (κ2) is 9.53. The van der Waals surface area contributed by atoms with Gasteiger partial charge in [-0.15, -0.1) is 24.8 Å². The number of hydrogen-bond donors (Lipinski definition) is 0. The van der Waals surface area contributed by atoms with Gasteiger partial charge in [-0.2, -0.15) is 0 Å². The molecule has 4 nitrogen and oxygen atoms in total. The molecule has 0 unspecified atom stereocenters. The molecule has 0 aliphatic carbocycles. The molecule has 0 radical (unpaired) electrons. The average molecular weight is 467 g/mol. The molecule has 1 fully saturated rings. The second-order valence-corrected chi connectivity index (χ2v) is 8.37. The Morgan fingerprint density at radius 2 is 1.50 bits per heavy atom. The van der Waals surface area contributed by atoms with E-state index < -0.39 is 0 Å². The van der Waals surface area contributed by atoms with E-state index in [0.29, 0.717) is 0 Å². The minimum Gasteiger partial charge on any atom is -0.308 e. The van der Waals surface area contributed by atoms with Gasteiger partial charge in [-0.3, -0.25) is 4.40 Å². The van der Waals surface area contributed by atoms with Crippen LogP contribution in [0.4, 0.5) is 0 Å². The fraction of sp³-hybridized carbons (Fsp3) is 0.269. The molecule has 0 spiro atoms. The molecule has 0 bridgehead atoms. The monoisotopic (exact) mass is 466 g/mol. The normalized spacial score (nSPS) is 14.5. The van der Waals surface area contributed by atoms with Crippen molar-refractivity contribution in [3.63, 3.8) is 0 Å². The Labute approximate surface area is 200 Å². The highest BCUT2D eigenvalue weighted by Gasteiger charge is 2.18. The standard InChI is InChI=1S/C26H26N4.2ClH/c1-6-15-28(16-7-1)17-18-29-25(22-12-8-10-20-9-2-3-11-21(20)22)19-30-24-14-5-4-13-23(24)27-26(29)30;;/h2-5,8-14,19H,1,6-7,15-18H2;2*1H. The summed E-state index contributed by atoms with van der Waals surface area (Å²) in [5.74, 6) is 1.04. The summed E-state index contributed by atoms with van der Waals surface area (Å²) in [6.45, 7) is 4.47. The molecular formula is C26H28Cl2N4. The minimum absolute atomic E-state index is 0. The quantitative estimate of drug-likeness (QED) is 0.304. The van der Waals surface area contributed by atoms with Crippen molar-refractivity contribution in [1.29, 1.82) is 0 Å². The summed E-state index contributed by atoms with van der Waals surface area (Å²) in [5, 5.41) is 2.57. The van der Waals surface area contributed by atoms with E-state index in [9.17, 15) is 0 Å². The number of rotatable bonds is 4. The maximum atomic E-state index is 5.01. The van der Waals surface area contributed by atoms with Crippen LogP contribution >= 0.6 is 24.8 Å². The molecule has 166 valence electrons. The van der Waals surface area contributed by atoms with Gasteiger partial charge in [0.1, 0.15) is 0 Å². The summed E-state index contributed by atoms with van der Waals surface area (Å²) >= 11 is 0. The predicted molar refractivity (Wildman–Crippen MR) is 138 cm³/mol. The van der Waals surface area contributed by atoms with Crippen LogP contribution in [-0.2, 0) is 6.54 Å². The van der Waals surface area contributed by atoms with Gasteiger partial charge in [-0.05, 0) is 48.8 Å². The van der Waals surface area contributed by atoms with Crippen LogP contribution in [-0.4, -0.2) is 38.5 Å². The van der Waals surface area contributed by atoms with Crippen molar-refractivity contribution in [2.24, 2.45) is 0 Å². The average Bonchev–Trinajstić information content (AvgIpc) is 3.34. The largest absolute Gasteiger partial charge is 0.308 e. The number of piperidine rings is 1. The van der Waals surface area contributed by atoms with Gasteiger partial charge < -0.3 is 9.47 Å². The van der Waals surface area contributed by atoms with Crippen LogP contribution in [0.25, 0.3) is 38.8 Å². The van der Waals surface area contributed by atoms with Crippen molar-refractivity contribution in [1.82, 2.24) is 18.9 Å². The molecule has 1 aliphatic rings. The van der Waals surface area contributed by atoms with Gasteiger partial charge in [-0.1, -0.05) is 61.0 Å². The van der Waals surface area contributed by atoms with Crippen LogP contribution in [0, 0.1) is 0 Å². The van der Waals surface area contributed by atoms with E-state index in [4.69, 9.17) is 4.98 Å². The fourth-order valence-electron chi connectivity index (χ4n) is 4.96. The highest BCUT2D eigenvalue weighted by molar-refractivity contribution is 5.96.